The topological polar surface area (TPSA) is 24.5 Å². The zero-order chi connectivity index (χ0) is 11.6. The molecule has 0 aliphatic carbocycles. The van der Waals surface area contributed by atoms with E-state index in [1.54, 1.807) is 0 Å². The molecule has 0 aromatic heterocycles. The highest BCUT2D eigenvalue weighted by Gasteiger charge is 2.31. The quantitative estimate of drug-likeness (QED) is 0.803. The Kier molecular flexibility index (Phi) is 3.71. The van der Waals surface area contributed by atoms with Crippen LogP contribution in [-0.2, 0) is 4.74 Å². The van der Waals surface area contributed by atoms with Crippen LogP contribution in [0.4, 0.5) is 13.2 Å². The van der Waals surface area contributed by atoms with Gasteiger partial charge in [-0.05, 0) is 25.8 Å². The first-order valence-corrected chi connectivity index (χ1v) is 5.72. The molecule has 2 aliphatic heterocycles. The first kappa shape index (κ1) is 12.1. The van der Waals surface area contributed by atoms with Crippen LogP contribution in [0.1, 0.15) is 19.3 Å². The average Bonchev–Trinajstić information content (AvgIpc) is 2.48. The van der Waals surface area contributed by atoms with Crippen LogP contribution in [0.3, 0.4) is 0 Å². The van der Waals surface area contributed by atoms with Crippen LogP contribution in [0.15, 0.2) is 0 Å². The maximum atomic E-state index is 11.8. The van der Waals surface area contributed by atoms with E-state index in [2.05, 4.69) is 15.0 Å². The molecule has 0 amide bonds. The molecule has 2 saturated heterocycles. The van der Waals surface area contributed by atoms with Crippen molar-refractivity contribution < 1.29 is 17.9 Å². The van der Waals surface area contributed by atoms with Crippen LogP contribution in [0.5, 0.6) is 0 Å². The Labute approximate surface area is 92.9 Å². The molecular weight excluding hydrogens is 221 g/mol. The Morgan fingerprint density at radius 3 is 2.69 bits per heavy atom. The molecule has 2 rings (SSSR count). The van der Waals surface area contributed by atoms with Gasteiger partial charge < -0.3 is 5.32 Å². The third-order valence-electron chi connectivity index (χ3n) is 3.28. The number of ether oxygens (including phenoxy) is 1. The van der Waals surface area contributed by atoms with Gasteiger partial charge in [0, 0.05) is 25.2 Å². The Bertz CT molecular complexity index is 235. The van der Waals surface area contributed by atoms with Crippen molar-refractivity contribution in [3.63, 3.8) is 0 Å². The normalized spacial score (nSPS) is 31.7. The van der Waals surface area contributed by atoms with Crippen molar-refractivity contribution >= 4 is 0 Å². The molecule has 2 aliphatic rings. The number of nitrogens with zero attached hydrogens (tertiary/aromatic N) is 1. The Hall–Kier alpha value is -0.330. The molecule has 94 valence electrons. The molecule has 0 radical (unpaired) electrons. The summed E-state index contributed by atoms with van der Waals surface area (Å²) in [6.45, 7) is 1.82. The SMILES string of the molecule is FC(F)(F)OCCN1CCC2CCC(C1)N2. The number of fused-ring (bicyclic) bond motifs is 2. The Balaban J connectivity index is 1.70. The Morgan fingerprint density at radius 2 is 1.94 bits per heavy atom. The average molecular weight is 238 g/mol. The molecule has 6 heteroatoms. The fourth-order valence-corrected chi connectivity index (χ4v) is 2.51. The number of alkyl halides is 3. The second-order valence-electron chi connectivity index (χ2n) is 4.52. The van der Waals surface area contributed by atoms with E-state index in [4.69, 9.17) is 0 Å². The minimum atomic E-state index is -4.50. The van der Waals surface area contributed by atoms with Crippen molar-refractivity contribution in [2.24, 2.45) is 0 Å². The first-order valence-electron chi connectivity index (χ1n) is 5.72. The van der Waals surface area contributed by atoms with Crippen molar-refractivity contribution in [2.75, 3.05) is 26.2 Å². The third-order valence-corrected chi connectivity index (χ3v) is 3.28. The summed E-state index contributed by atoms with van der Waals surface area (Å²) in [5.74, 6) is 0. The number of hydrogen-bond acceptors (Lipinski definition) is 3. The van der Waals surface area contributed by atoms with E-state index >= 15 is 0 Å². The van der Waals surface area contributed by atoms with Crippen LogP contribution in [0.25, 0.3) is 0 Å². The van der Waals surface area contributed by atoms with Crippen LogP contribution in [-0.4, -0.2) is 49.6 Å². The van der Waals surface area contributed by atoms with Gasteiger partial charge in [0.25, 0.3) is 0 Å². The largest absolute Gasteiger partial charge is 0.522 e. The van der Waals surface area contributed by atoms with E-state index in [1.165, 1.54) is 6.42 Å². The summed E-state index contributed by atoms with van der Waals surface area (Å²) in [6, 6.07) is 1.02. The van der Waals surface area contributed by atoms with E-state index in [9.17, 15) is 13.2 Å². The smallest absolute Gasteiger partial charge is 0.310 e. The van der Waals surface area contributed by atoms with Crippen molar-refractivity contribution in [3.05, 3.63) is 0 Å². The summed E-state index contributed by atoms with van der Waals surface area (Å²) in [7, 11) is 0. The van der Waals surface area contributed by atoms with Crippen molar-refractivity contribution in [3.8, 4) is 0 Å². The highest BCUT2D eigenvalue weighted by atomic mass is 19.4. The lowest BCUT2D eigenvalue weighted by Gasteiger charge is -2.23. The first-order chi connectivity index (χ1) is 7.53. The summed E-state index contributed by atoms with van der Waals surface area (Å²) in [4.78, 5) is 2.06. The number of nitrogens with one attached hydrogen (secondary N) is 1. The highest BCUT2D eigenvalue weighted by Crippen LogP contribution is 2.20. The monoisotopic (exact) mass is 238 g/mol. The molecular formula is C10H17F3N2O. The predicted octanol–water partition coefficient (Wildman–Crippen LogP) is 1.35. The van der Waals surface area contributed by atoms with Crippen LogP contribution in [0.2, 0.25) is 0 Å². The zero-order valence-corrected chi connectivity index (χ0v) is 9.09. The molecule has 0 saturated carbocycles. The van der Waals surface area contributed by atoms with Gasteiger partial charge in [0.15, 0.2) is 0 Å². The number of hydrogen-bond donors (Lipinski definition) is 1. The van der Waals surface area contributed by atoms with Gasteiger partial charge in [-0.3, -0.25) is 9.64 Å². The number of halogens is 3. The van der Waals surface area contributed by atoms with Crippen LogP contribution >= 0.6 is 0 Å². The van der Waals surface area contributed by atoms with Gasteiger partial charge in [0.05, 0.1) is 6.61 Å². The van der Waals surface area contributed by atoms with Crippen LogP contribution < -0.4 is 5.32 Å². The molecule has 0 aromatic rings. The van der Waals surface area contributed by atoms with E-state index in [0.717, 1.165) is 25.9 Å². The molecule has 0 spiro atoms. The molecule has 2 atom stereocenters. The number of likely N-dealkylation sites (tertiary alicyclic amines) is 1. The zero-order valence-electron chi connectivity index (χ0n) is 9.09. The van der Waals surface area contributed by atoms with Gasteiger partial charge in [-0.1, -0.05) is 0 Å². The highest BCUT2D eigenvalue weighted by molar-refractivity contribution is 4.89. The summed E-state index contributed by atoms with van der Waals surface area (Å²) < 4.78 is 39.2. The molecule has 3 nitrogen and oxygen atoms in total. The minimum Gasteiger partial charge on any atom is -0.310 e. The molecule has 0 aromatic carbocycles. The van der Waals surface area contributed by atoms with Crippen LogP contribution in [0, 0.1) is 0 Å². The maximum Gasteiger partial charge on any atom is 0.522 e. The lowest BCUT2D eigenvalue weighted by molar-refractivity contribution is -0.325. The summed E-state index contributed by atoms with van der Waals surface area (Å²) in [6.07, 6.45) is -1.12. The number of rotatable bonds is 3. The molecule has 2 fully saturated rings. The standard InChI is InChI=1S/C10H17F3N2O/c11-10(12,13)16-6-5-15-4-3-8-1-2-9(7-15)14-8/h8-9,14H,1-7H2. The van der Waals surface area contributed by atoms with Gasteiger partial charge in [-0.25, -0.2) is 0 Å². The maximum absolute atomic E-state index is 11.8. The predicted molar refractivity (Wildman–Crippen MR) is 53.0 cm³/mol. The second-order valence-corrected chi connectivity index (χ2v) is 4.52. The summed E-state index contributed by atoms with van der Waals surface area (Å²) in [5.41, 5.74) is 0. The minimum absolute atomic E-state index is 0.263. The molecule has 2 heterocycles. The fraction of sp³-hybridized carbons (Fsp3) is 1.00. The van der Waals surface area contributed by atoms with Gasteiger partial charge in [-0.15, -0.1) is 13.2 Å². The molecule has 16 heavy (non-hydrogen) atoms. The molecule has 1 N–H and O–H groups in total. The summed E-state index contributed by atoms with van der Waals surface area (Å²) >= 11 is 0. The molecule has 2 bridgehead atoms. The lowest BCUT2D eigenvalue weighted by Crippen LogP contribution is -2.37. The van der Waals surface area contributed by atoms with E-state index < -0.39 is 6.36 Å². The van der Waals surface area contributed by atoms with Gasteiger partial charge in [0.1, 0.15) is 0 Å². The van der Waals surface area contributed by atoms with Crippen molar-refractivity contribution in [1.29, 1.82) is 0 Å². The Morgan fingerprint density at radius 1 is 1.19 bits per heavy atom. The van der Waals surface area contributed by atoms with E-state index in [0.29, 0.717) is 18.6 Å². The fourth-order valence-electron chi connectivity index (χ4n) is 2.51. The third kappa shape index (κ3) is 3.61. The van der Waals surface area contributed by atoms with Gasteiger partial charge >= 0.3 is 6.36 Å². The van der Waals surface area contributed by atoms with Crippen molar-refractivity contribution in [1.82, 2.24) is 10.2 Å². The summed E-state index contributed by atoms with van der Waals surface area (Å²) in [5, 5.41) is 3.48. The van der Waals surface area contributed by atoms with E-state index in [-0.39, 0.29) is 6.61 Å². The van der Waals surface area contributed by atoms with Gasteiger partial charge in [-0.2, -0.15) is 0 Å². The van der Waals surface area contributed by atoms with Gasteiger partial charge in [0.2, 0.25) is 0 Å². The molecule has 2 unspecified atom stereocenters. The second kappa shape index (κ2) is 4.89. The van der Waals surface area contributed by atoms with E-state index in [1.807, 2.05) is 0 Å². The van der Waals surface area contributed by atoms with Crippen molar-refractivity contribution in [2.45, 2.75) is 37.7 Å². The lowest BCUT2D eigenvalue weighted by atomic mass is 10.1.